The molecule has 0 aliphatic heterocycles. The molecule has 0 spiro atoms. The summed E-state index contributed by atoms with van der Waals surface area (Å²) in [5.74, 6) is -2.91. The molecule has 0 bridgehead atoms. The lowest BCUT2D eigenvalue weighted by molar-refractivity contribution is -0.303. The van der Waals surface area contributed by atoms with E-state index in [4.69, 9.17) is 5.11 Å². The summed E-state index contributed by atoms with van der Waals surface area (Å²) in [6.45, 7) is 4.02. The maximum absolute atomic E-state index is 14.0. The number of ether oxygens (including phenoxy) is 1. The number of hydrogen-bond acceptors (Lipinski definition) is 7. The molecule has 0 saturated carbocycles. The Morgan fingerprint density at radius 1 is 1.11 bits per heavy atom. The van der Waals surface area contributed by atoms with Gasteiger partial charge >= 0.3 is 12.3 Å². The van der Waals surface area contributed by atoms with Crippen molar-refractivity contribution in [2.45, 2.75) is 58.0 Å². The summed E-state index contributed by atoms with van der Waals surface area (Å²) in [6, 6.07) is 14.5. The van der Waals surface area contributed by atoms with Gasteiger partial charge in [0.15, 0.2) is 0 Å². The van der Waals surface area contributed by atoms with Gasteiger partial charge in [0.1, 0.15) is 12.0 Å². The Bertz CT molecular complexity index is 1500. The van der Waals surface area contributed by atoms with E-state index >= 15 is 0 Å². The zero-order chi connectivity index (χ0) is 32.6. The summed E-state index contributed by atoms with van der Waals surface area (Å²) in [6.07, 6.45) is 1.54. The van der Waals surface area contributed by atoms with Crippen LogP contribution in [0.2, 0.25) is 0 Å². The monoisotopic (exact) mass is 643 g/mol. The van der Waals surface area contributed by atoms with Crippen molar-refractivity contribution >= 4 is 28.9 Å². The van der Waals surface area contributed by atoms with Crippen LogP contribution in [0.15, 0.2) is 78.7 Å². The van der Waals surface area contributed by atoms with Gasteiger partial charge in [-0.05, 0) is 72.6 Å². The number of carbonyl (C=O) groups excluding carboxylic acids is 1. The molecule has 2 aromatic carbocycles. The Hall–Kier alpha value is -4.00. The van der Waals surface area contributed by atoms with Gasteiger partial charge in [-0.3, -0.25) is 14.9 Å². The number of allylic oxidation sites excluding steroid dienone is 3. The third-order valence-electron chi connectivity index (χ3n) is 7.54. The van der Waals surface area contributed by atoms with Gasteiger partial charge in [0, 0.05) is 18.4 Å². The summed E-state index contributed by atoms with van der Waals surface area (Å²) in [5, 5.41) is 26.0. The topological polar surface area (TPSA) is 121 Å². The fraction of sp³-hybridized carbons (Fsp3) is 0.364. The molecule has 4 atom stereocenters. The van der Waals surface area contributed by atoms with Gasteiger partial charge in [0.2, 0.25) is 5.91 Å². The molecule has 4 unspecified atom stereocenters. The molecule has 45 heavy (non-hydrogen) atoms. The van der Waals surface area contributed by atoms with Crippen LogP contribution in [0.25, 0.3) is 10.4 Å². The van der Waals surface area contributed by atoms with E-state index in [9.17, 15) is 27.9 Å². The lowest BCUT2D eigenvalue weighted by Gasteiger charge is -2.33. The van der Waals surface area contributed by atoms with E-state index in [2.05, 4.69) is 20.4 Å². The predicted molar refractivity (Wildman–Crippen MR) is 166 cm³/mol. The number of aromatic nitrogens is 1. The molecule has 1 aromatic heterocycles. The summed E-state index contributed by atoms with van der Waals surface area (Å²) in [7, 11) is 0. The highest BCUT2D eigenvalue weighted by Gasteiger charge is 2.37. The third kappa shape index (κ3) is 9.74. The number of anilines is 1. The third-order valence-corrected chi connectivity index (χ3v) is 8.51. The van der Waals surface area contributed by atoms with Gasteiger partial charge in [0.05, 0.1) is 22.2 Å². The Morgan fingerprint density at radius 3 is 2.36 bits per heavy atom. The van der Waals surface area contributed by atoms with E-state index in [1.807, 2.05) is 50.2 Å². The largest absolute Gasteiger partial charge is 0.573 e. The number of aliphatic hydroxyl groups excluding tert-OH is 1. The van der Waals surface area contributed by atoms with Gasteiger partial charge in [-0.25, -0.2) is 4.98 Å². The fourth-order valence-corrected chi connectivity index (χ4v) is 6.21. The van der Waals surface area contributed by atoms with Crippen molar-refractivity contribution in [2.24, 2.45) is 11.8 Å². The number of nitrogens with zero attached hydrogens (tertiary/aromatic N) is 1. The minimum absolute atomic E-state index is 0.0887. The van der Waals surface area contributed by atoms with Crippen LogP contribution in [-0.4, -0.2) is 40.0 Å². The second-order valence-electron chi connectivity index (χ2n) is 10.8. The molecule has 1 amide bonds. The number of carboxylic acids is 1. The molecule has 1 aliphatic rings. The van der Waals surface area contributed by atoms with Gasteiger partial charge in [-0.1, -0.05) is 55.8 Å². The van der Waals surface area contributed by atoms with Crippen molar-refractivity contribution in [3.63, 3.8) is 0 Å². The van der Waals surface area contributed by atoms with E-state index in [1.54, 1.807) is 35.7 Å². The summed E-state index contributed by atoms with van der Waals surface area (Å²) < 4.78 is 42.6. The van der Waals surface area contributed by atoms with E-state index in [0.29, 0.717) is 17.7 Å². The Labute approximate surface area is 263 Å². The maximum Gasteiger partial charge on any atom is 0.573 e. The second-order valence-corrected chi connectivity index (χ2v) is 12.0. The van der Waals surface area contributed by atoms with Crippen LogP contribution in [-0.2, 0) is 14.3 Å². The van der Waals surface area contributed by atoms with Crippen LogP contribution in [0.4, 0.5) is 18.9 Å². The van der Waals surface area contributed by atoms with Crippen molar-refractivity contribution in [3.8, 4) is 10.4 Å². The Balaban J connectivity index is 1.58. The van der Waals surface area contributed by atoms with Crippen molar-refractivity contribution in [2.75, 3.05) is 11.9 Å². The molecule has 0 saturated heterocycles. The van der Waals surface area contributed by atoms with Crippen molar-refractivity contribution in [3.05, 3.63) is 94.8 Å². The van der Waals surface area contributed by atoms with Crippen molar-refractivity contribution < 1.29 is 37.7 Å². The summed E-state index contributed by atoms with van der Waals surface area (Å²) >= 11 is 1.57. The molecule has 3 aromatic rings. The molecule has 4 rings (SSSR count). The number of amides is 1. The average molecular weight is 644 g/mol. The number of aliphatic carboxylic acids is 1. The predicted octanol–water partition coefficient (Wildman–Crippen LogP) is 7.31. The van der Waals surface area contributed by atoms with Crippen LogP contribution in [0.3, 0.4) is 0 Å². The second kappa shape index (κ2) is 15.3. The first-order chi connectivity index (χ1) is 21.4. The molecular weight excluding hydrogens is 607 g/mol. The van der Waals surface area contributed by atoms with Crippen LogP contribution < -0.4 is 10.6 Å². The number of thiazole rings is 1. The van der Waals surface area contributed by atoms with Gasteiger partial charge in [-0.2, -0.15) is 0 Å². The zero-order valence-electron chi connectivity index (χ0n) is 24.9. The van der Waals surface area contributed by atoms with Crippen LogP contribution in [0, 0.1) is 18.8 Å². The number of nitrogens with one attached hydrogen (secondary N) is 2. The highest BCUT2D eigenvalue weighted by atomic mass is 32.1. The zero-order valence-corrected chi connectivity index (χ0v) is 25.7. The number of alkyl halides is 3. The van der Waals surface area contributed by atoms with Crippen LogP contribution in [0.1, 0.15) is 60.9 Å². The smallest absolute Gasteiger partial charge is 0.481 e. The number of carbonyl (C=O) groups is 2. The van der Waals surface area contributed by atoms with Crippen LogP contribution >= 0.6 is 11.3 Å². The number of halogens is 3. The van der Waals surface area contributed by atoms with Crippen LogP contribution in [0.5, 0.6) is 0 Å². The molecule has 1 aliphatic carbocycles. The lowest BCUT2D eigenvalue weighted by Crippen LogP contribution is -2.34. The SMILES string of the molecule is CCCC(c1ccc(C(O)NCCC(=O)O)cc1)C(C(=O)Nc1ccc(-c2cnc(C)s2)cc1)C1C=CC(OC(F)(F)F)=CC1. The molecule has 1 heterocycles. The first-order valence-electron chi connectivity index (χ1n) is 14.6. The molecule has 0 radical (unpaired) electrons. The molecule has 0 fully saturated rings. The number of rotatable bonds is 14. The van der Waals surface area contributed by atoms with Crippen molar-refractivity contribution in [1.29, 1.82) is 0 Å². The van der Waals surface area contributed by atoms with E-state index in [0.717, 1.165) is 27.4 Å². The highest BCUT2D eigenvalue weighted by Crippen LogP contribution is 2.40. The normalized spacial score (nSPS) is 16.8. The fourth-order valence-electron chi connectivity index (χ4n) is 5.43. The molecule has 4 N–H and O–H groups in total. The molecule has 240 valence electrons. The quantitative estimate of drug-likeness (QED) is 0.136. The number of aryl methyl sites for hydroxylation is 1. The number of benzene rings is 2. The number of aliphatic hydroxyl groups is 1. The molecule has 8 nitrogen and oxygen atoms in total. The average Bonchev–Trinajstić information content (AvgIpc) is 3.43. The Morgan fingerprint density at radius 2 is 1.80 bits per heavy atom. The first kappa shape index (κ1) is 33.9. The Kier molecular flexibility index (Phi) is 11.5. The summed E-state index contributed by atoms with van der Waals surface area (Å²) in [4.78, 5) is 30.1. The van der Waals surface area contributed by atoms with E-state index in [-0.39, 0.29) is 37.0 Å². The lowest BCUT2D eigenvalue weighted by atomic mass is 9.73. The summed E-state index contributed by atoms with van der Waals surface area (Å²) in [5.41, 5.74) is 2.93. The van der Waals surface area contributed by atoms with Gasteiger partial charge < -0.3 is 20.3 Å². The van der Waals surface area contributed by atoms with E-state index in [1.165, 1.54) is 12.2 Å². The number of carboxylic acid groups (broad SMARTS) is 1. The van der Waals surface area contributed by atoms with E-state index < -0.39 is 30.4 Å². The minimum Gasteiger partial charge on any atom is -0.481 e. The standard InChI is InChI=1S/C33H36F3N3O5S/c1-3-4-27(21-5-7-24(8-6-21)31(42)37-18-17-29(40)41)30(23-11-15-26(16-12-23)44-33(34,35)36)32(43)39-25-13-9-22(10-14-25)28-19-38-20(2)45-28/h5-11,13-16,19,23,27,30-31,37,42H,3-4,12,17-18H2,1-2H3,(H,39,43)(H,40,41). The minimum atomic E-state index is -4.82. The van der Waals surface area contributed by atoms with Crippen molar-refractivity contribution in [1.82, 2.24) is 10.3 Å². The van der Waals surface area contributed by atoms with Gasteiger partial charge in [-0.15, -0.1) is 24.5 Å². The molecular formula is C33H36F3N3O5S. The first-order valence-corrected chi connectivity index (χ1v) is 15.5. The molecule has 12 heteroatoms. The maximum atomic E-state index is 14.0. The number of hydrogen-bond donors (Lipinski definition) is 4. The highest BCUT2D eigenvalue weighted by molar-refractivity contribution is 7.15. The van der Waals surface area contributed by atoms with Gasteiger partial charge in [0.25, 0.3) is 0 Å².